The highest BCUT2D eigenvalue weighted by atomic mass is 79.9. The topological polar surface area (TPSA) is 42.2 Å². The molecule has 0 aliphatic heterocycles. The predicted octanol–water partition coefficient (Wildman–Crippen LogP) is 2.83. The van der Waals surface area contributed by atoms with Crippen molar-refractivity contribution in [3.8, 4) is 0 Å². The molecule has 0 spiro atoms. The van der Waals surface area contributed by atoms with Gasteiger partial charge in [0, 0.05) is 12.1 Å². The Morgan fingerprint density at radius 2 is 2.29 bits per heavy atom. The Hall–Kier alpha value is -0.290. The third-order valence-electron chi connectivity index (χ3n) is 1.61. The van der Waals surface area contributed by atoms with E-state index in [1.165, 1.54) is 0 Å². The summed E-state index contributed by atoms with van der Waals surface area (Å²) in [6.45, 7) is 4.07. The first-order valence-corrected chi connectivity index (χ1v) is 5.68. The number of carbonyl (C=O) groups excluding carboxylic acids is 1. The number of furan rings is 1. The van der Waals surface area contributed by atoms with E-state index in [2.05, 4.69) is 37.2 Å². The minimum absolute atomic E-state index is 0.0465. The van der Waals surface area contributed by atoms with Crippen LogP contribution in [0.15, 0.2) is 21.4 Å². The Morgan fingerprint density at radius 1 is 1.64 bits per heavy atom. The highest BCUT2D eigenvalue weighted by molar-refractivity contribution is 9.10. The zero-order valence-electron chi connectivity index (χ0n) is 7.93. The molecule has 0 bridgehead atoms. The number of hydrogen-bond donors (Lipinski definition) is 1. The molecule has 0 saturated carbocycles. The maximum atomic E-state index is 11.4. The maximum absolute atomic E-state index is 11.4. The highest BCUT2D eigenvalue weighted by Crippen LogP contribution is 2.17. The molecule has 0 atom stereocenters. The van der Waals surface area contributed by atoms with E-state index < -0.39 is 4.32 Å². The van der Waals surface area contributed by atoms with Crippen LogP contribution in [0.5, 0.6) is 0 Å². The van der Waals surface area contributed by atoms with E-state index in [9.17, 15) is 4.79 Å². The summed E-state index contributed by atoms with van der Waals surface area (Å²) in [5, 5.41) is 2.79. The monoisotopic (exact) mass is 323 g/mol. The third-order valence-corrected chi connectivity index (χ3v) is 2.39. The number of rotatable bonds is 3. The molecule has 1 aromatic rings. The summed E-state index contributed by atoms with van der Waals surface area (Å²) < 4.78 is 5.17. The number of alkyl halides is 1. The van der Waals surface area contributed by atoms with Crippen LogP contribution in [0.1, 0.15) is 19.4 Å². The molecule has 78 valence electrons. The average molecular weight is 325 g/mol. The molecule has 0 aliphatic rings. The van der Waals surface area contributed by atoms with Crippen molar-refractivity contribution >= 4 is 37.8 Å². The van der Waals surface area contributed by atoms with Gasteiger partial charge in [-0.05, 0) is 35.8 Å². The lowest BCUT2D eigenvalue weighted by molar-refractivity contribution is -0.122. The van der Waals surface area contributed by atoms with Gasteiger partial charge in [-0.15, -0.1) is 0 Å². The van der Waals surface area contributed by atoms with E-state index in [4.69, 9.17) is 4.42 Å². The highest BCUT2D eigenvalue weighted by Gasteiger charge is 2.22. The first kappa shape index (κ1) is 11.8. The smallest absolute Gasteiger partial charge is 0.236 e. The number of halogens is 2. The second kappa shape index (κ2) is 4.49. The molecule has 0 fully saturated rings. The van der Waals surface area contributed by atoms with Crippen LogP contribution in [0.2, 0.25) is 0 Å². The number of hydrogen-bond acceptors (Lipinski definition) is 2. The number of carbonyl (C=O) groups is 1. The average Bonchev–Trinajstić information content (AvgIpc) is 2.45. The SMILES string of the molecule is CC(C)(Br)C(=O)NCc1coc(Br)c1. The molecular weight excluding hydrogens is 314 g/mol. The fourth-order valence-corrected chi connectivity index (χ4v) is 1.36. The normalized spacial score (nSPS) is 11.4. The van der Waals surface area contributed by atoms with E-state index in [1.807, 2.05) is 6.07 Å². The van der Waals surface area contributed by atoms with Crippen LogP contribution >= 0.6 is 31.9 Å². The maximum Gasteiger partial charge on any atom is 0.236 e. The van der Waals surface area contributed by atoms with Gasteiger partial charge in [-0.3, -0.25) is 4.79 Å². The molecule has 1 N–H and O–H groups in total. The summed E-state index contributed by atoms with van der Waals surface area (Å²) in [7, 11) is 0. The molecule has 14 heavy (non-hydrogen) atoms. The molecule has 3 nitrogen and oxygen atoms in total. The summed E-state index contributed by atoms with van der Waals surface area (Å²) in [5.74, 6) is -0.0465. The van der Waals surface area contributed by atoms with Crippen molar-refractivity contribution < 1.29 is 9.21 Å². The summed E-state index contributed by atoms with van der Waals surface area (Å²) in [6, 6.07) is 1.82. The van der Waals surface area contributed by atoms with Gasteiger partial charge in [-0.1, -0.05) is 15.9 Å². The lowest BCUT2D eigenvalue weighted by Gasteiger charge is -2.14. The summed E-state index contributed by atoms with van der Waals surface area (Å²) in [6.07, 6.45) is 1.60. The van der Waals surface area contributed by atoms with Gasteiger partial charge in [0.2, 0.25) is 5.91 Å². The molecule has 5 heteroatoms. The van der Waals surface area contributed by atoms with Crippen LogP contribution < -0.4 is 5.32 Å². The molecule has 1 heterocycles. The summed E-state index contributed by atoms with van der Waals surface area (Å²) in [5.41, 5.74) is 0.932. The van der Waals surface area contributed by atoms with Crippen molar-refractivity contribution in [1.82, 2.24) is 5.32 Å². The standard InChI is InChI=1S/C9H11Br2NO2/c1-9(2,11)8(13)12-4-6-3-7(10)14-5-6/h3,5H,4H2,1-2H3,(H,12,13). The molecule has 1 rings (SSSR count). The largest absolute Gasteiger partial charge is 0.457 e. The van der Waals surface area contributed by atoms with Crippen molar-refractivity contribution in [2.75, 3.05) is 0 Å². The predicted molar refractivity (Wildman–Crippen MR) is 61.3 cm³/mol. The van der Waals surface area contributed by atoms with E-state index >= 15 is 0 Å². The van der Waals surface area contributed by atoms with Crippen molar-refractivity contribution in [1.29, 1.82) is 0 Å². The molecule has 0 aliphatic carbocycles. The van der Waals surface area contributed by atoms with Crippen molar-refractivity contribution in [2.24, 2.45) is 0 Å². The Morgan fingerprint density at radius 3 is 2.71 bits per heavy atom. The first-order valence-electron chi connectivity index (χ1n) is 4.10. The van der Waals surface area contributed by atoms with Gasteiger partial charge in [0.1, 0.15) is 0 Å². The van der Waals surface area contributed by atoms with Gasteiger partial charge in [0.25, 0.3) is 0 Å². The Kier molecular flexibility index (Phi) is 3.78. The van der Waals surface area contributed by atoms with Gasteiger partial charge in [0.15, 0.2) is 4.67 Å². The van der Waals surface area contributed by atoms with Gasteiger partial charge in [0.05, 0.1) is 10.6 Å². The molecule has 0 saturated heterocycles. The van der Waals surface area contributed by atoms with Crippen molar-refractivity contribution in [3.63, 3.8) is 0 Å². The van der Waals surface area contributed by atoms with E-state index in [1.54, 1.807) is 20.1 Å². The number of nitrogens with one attached hydrogen (secondary N) is 1. The number of amides is 1. The van der Waals surface area contributed by atoms with Crippen LogP contribution in [0.3, 0.4) is 0 Å². The van der Waals surface area contributed by atoms with Crippen molar-refractivity contribution in [2.45, 2.75) is 24.7 Å². The quantitative estimate of drug-likeness (QED) is 0.869. The van der Waals surface area contributed by atoms with Gasteiger partial charge < -0.3 is 9.73 Å². The second-order valence-electron chi connectivity index (χ2n) is 3.41. The van der Waals surface area contributed by atoms with Crippen molar-refractivity contribution in [3.05, 3.63) is 22.6 Å². The molecular formula is C9H11Br2NO2. The Bertz CT molecular complexity index is 328. The van der Waals surface area contributed by atoms with Crippen LogP contribution in [0.25, 0.3) is 0 Å². The summed E-state index contributed by atoms with van der Waals surface area (Å²) in [4.78, 5) is 11.4. The molecule has 0 aromatic carbocycles. The Balaban J connectivity index is 2.46. The second-order valence-corrected chi connectivity index (χ2v) is 6.18. The molecule has 1 amide bonds. The molecule has 0 unspecified atom stereocenters. The first-order chi connectivity index (χ1) is 6.39. The van der Waals surface area contributed by atoms with Crippen LogP contribution in [0, 0.1) is 0 Å². The lowest BCUT2D eigenvalue weighted by Crippen LogP contribution is -2.36. The zero-order valence-corrected chi connectivity index (χ0v) is 11.1. The van der Waals surface area contributed by atoms with Crippen LogP contribution in [0.4, 0.5) is 0 Å². The third kappa shape index (κ3) is 3.46. The van der Waals surface area contributed by atoms with Gasteiger partial charge in [-0.25, -0.2) is 0 Å². The fraction of sp³-hybridized carbons (Fsp3) is 0.444. The minimum atomic E-state index is -0.534. The van der Waals surface area contributed by atoms with Crippen LogP contribution in [-0.4, -0.2) is 10.2 Å². The van der Waals surface area contributed by atoms with E-state index in [0.29, 0.717) is 11.2 Å². The lowest BCUT2D eigenvalue weighted by atomic mass is 10.2. The molecule has 1 aromatic heterocycles. The van der Waals surface area contributed by atoms with Gasteiger partial charge >= 0.3 is 0 Å². The zero-order chi connectivity index (χ0) is 10.8. The van der Waals surface area contributed by atoms with E-state index in [0.717, 1.165) is 5.56 Å². The minimum Gasteiger partial charge on any atom is -0.457 e. The van der Waals surface area contributed by atoms with Gasteiger partial charge in [-0.2, -0.15) is 0 Å². The fourth-order valence-electron chi connectivity index (χ4n) is 0.831. The Labute approximate surface area is 99.5 Å². The molecule has 0 radical (unpaired) electrons. The van der Waals surface area contributed by atoms with Crippen LogP contribution in [-0.2, 0) is 11.3 Å². The summed E-state index contributed by atoms with van der Waals surface area (Å²) >= 11 is 6.47. The van der Waals surface area contributed by atoms with E-state index in [-0.39, 0.29) is 5.91 Å².